The predicted octanol–water partition coefficient (Wildman–Crippen LogP) is 4.33. The van der Waals surface area contributed by atoms with Gasteiger partial charge in [0, 0.05) is 10.9 Å². The summed E-state index contributed by atoms with van der Waals surface area (Å²) in [6.07, 6.45) is 0. The zero-order chi connectivity index (χ0) is 15.0. The molecule has 0 spiro atoms. The largest absolute Gasteiger partial charge is 0.456 e. The van der Waals surface area contributed by atoms with Crippen molar-refractivity contribution in [1.82, 2.24) is 5.32 Å². The maximum Gasteiger partial charge on any atom is 0.169 e. The monoisotopic (exact) mass is 287 g/mol. The highest BCUT2D eigenvalue weighted by Crippen LogP contribution is 2.30. The van der Waals surface area contributed by atoms with Crippen LogP contribution in [0, 0.1) is 18.6 Å². The second-order valence-electron chi connectivity index (χ2n) is 5.05. The summed E-state index contributed by atoms with van der Waals surface area (Å²) in [4.78, 5) is 0. The normalized spacial score (nSPS) is 12.8. The van der Waals surface area contributed by atoms with Gasteiger partial charge in [0.05, 0.1) is 6.04 Å². The minimum atomic E-state index is -0.461. The van der Waals surface area contributed by atoms with E-state index in [1.807, 2.05) is 6.92 Å². The first kappa shape index (κ1) is 13.8. The number of nitrogens with one attached hydrogen (secondary N) is 1. The lowest BCUT2D eigenvalue weighted by molar-refractivity contribution is 0.465. The first-order valence-electron chi connectivity index (χ1n) is 6.71. The van der Waals surface area contributed by atoms with Gasteiger partial charge in [0.15, 0.2) is 11.4 Å². The summed E-state index contributed by atoms with van der Waals surface area (Å²) in [5.41, 5.74) is 1.63. The summed E-state index contributed by atoms with van der Waals surface area (Å²) in [5, 5.41) is 3.69. The van der Waals surface area contributed by atoms with Gasteiger partial charge in [0.25, 0.3) is 0 Å². The van der Waals surface area contributed by atoms with E-state index >= 15 is 0 Å². The van der Waals surface area contributed by atoms with Crippen LogP contribution in [0.15, 0.2) is 46.9 Å². The number of rotatable bonds is 3. The second kappa shape index (κ2) is 5.30. The first-order valence-corrected chi connectivity index (χ1v) is 6.71. The molecule has 21 heavy (non-hydrogen) atoms. The minimum Gasteiger partial charge on any atom is -0.456 e. The van der Waals surface area contributed by atoms with Gasteiger partial charge < -0.3 is 9.73 Å². The molecular formula is C17H15F2NO. The molecule has 108 valence electrons. The highest BCUT2D eigenvalue weighted by atomic mass is 19.1. The highest BCUT2D eigenvalue weighted by molar-refractivity contribution is 5.78. The van der Waals surface area contributed by atoms with Crippen molar-refractivity contribution in [3.05, 3.63) is 71.0 Å². The number of para-hydroxylation sites is 1. The third-order valence-electron chi connectivity index (χ3n) is 3.55. The van der Waals surface area contributed by atoms with Crippen molar-refractivity contribution in [1.29, 1.82) is 0 Å². The fourth-order valence-electron chi connectivity index (χ4n) is 2.53. The molecular weight excluding hydrogens is 272 g/mol. The molecule has 1 heterocycles. The molecule has 0 aliphatic rings. The minimum absolute atomic E-state index is 0.195. The second-order valence-corrected chi connectivity index (χ2v) is 5.05. The molecule has 0 saturated carbocycles. The average Bonchev–Trinajstić information content (AvgIpc) is 2.89. The lowest BCUT2D eigenvalue weighted by Crippen LogP contribution is -2.18. The van der Waals surface area contributed by atoms with Crippen molar-refractivity contribution in [2.45, 2.75) is 13.0 Å². The van der Waals surface area contributed by atoms with Crippen molar-refractivity contribution in [2.24, 2.45) is 0 Å². The van der Waals surface area contributed by atoms with Crippen LogP contribution in [0.1, 0.15) is 22.9 Å². The fraction of sp³-hybridized carbons (Fsp3) is 0.176. The van der Waals surface area contributed by atoms with Gasteiger partial charge in [-0.2, -0.15) is 0 Å². The molecule has 0 amide bonds. The third kappa shape index (κ3) is 2.43. The van der Waals surface area contributed by atoms with Gasteiger partial charge in [-0.1, -0.05) is 29.8 Å². The van der Waals surface area contributed by atoms with Gasteiger partial charge in [-0.3, -0.25) is 0 Å². The third-order valence-corrected chi connectivity index (χ3v) is 3.55. The molecule has 1 unspecified atom stereocenters. The summed E-state index contributed by atoms with van der Waals surface area (Å²) in [7, 11) is 1.72. The Morgan fingerprint density at radius 3 is 2.57 bits per heavy atom. The average molecular weight is 287 g/mol. The Balaban J connectivity index is 2.13. The molecule has 0 fully saturated rings. The molecule has 0 aliphatic carbocycles. The Hall–Kier alpha value is -2.20. The number of fused-ring (bicyclic) bond motifs is 1. The van der Waals surface area contributed by atoms with Crippen LogP contribution in [0.4, 0.5) is 8.78 Å². The fourth-order valence-corrected chi connectivity index (χ4v) is 2.53. The van der Waals surface area contributed by atoms with E-state index in [1.54, 1.807) is 37.4 Å². The van der Waals surface area contributed by atoms with Gasteiger partial charge in [-0.05, 0) is 32.2 Å². The Bertz CT molecular complexity index is 795. The molecule has 0 radical (unpaired) electrons. The van der Waals surface area contributed by atoms with E-state index in [0.717, 1.165) is 5.56 Å². The van der Waals surface area contributed by atoms with Gasteiger partial charge in [-0.25, -0.2) is 8.78 Å². The summed E-state index contributed by atoms with van der Waals surface area (Å²) in [6.45, 7) is 1.90. The van der Waals surface area contributed by atoms with Crippen LogP contribution in [0.3, 0.4) is 0 Å². The maximum absolute atomic E-state index is 14.1. The number of hydrogen-bond acceptors (Lipinski definition) is 2. The van der Waals surface area contributed by atoms with Crippen molar-refractivity contribution < 1.29 is 13.2 Å². The predicted molar refractivity (Wildman–Crippen MR) is 78.2 cm³/mol. The molecule has 3 aromatic rings. The molecule has 2 nitrogen and oxygen atoms in total. The Morgan fingerprint density at radius 2 is 1.86 bits per heavy atom. The summed E-state index contributed by atoms with van der Waals surface area (Å²) >= 11 is 0. The molecule has 1 atom stereocenters. The lowest BCUT2D eigenvalue weighted by atomic mass is 10.0. The van der Waals surface area contributed by atoms with Crippen LogP contribution < -0.4 is 5.32 Å². The van der Waals surface area contributed by atoms with Crippen molar-refractivity contribution >= 4 is 11.0 Å². The SMILES string of the molecule is CNC(c1cc2cccc(F)c2o1)c1cc(C)ccc1F. The van der Waals surface area contributed by atoms with E-state index in [4.69, 9.17) is 4.42 Å². The summed E-state index contributed by atoms with van der Waals surface area (Å²) in [6, 6.07) is 10.9. The quantitative estimate of drug-likeness (QED) is 0.775. The van der Waals surface area contributed by atoms with Gasteiger partial charge in [-0.15, -0.1) is 0 Å². The van der Waals surface area contributed by atoms with Crippen molar-refractivity contribution in [3.63, 3.8) is 0 Å². The van der Waals surface area contributed by atoms with Gasteiger partial charge in [0.2, 0.25) is 0 Å². The van der Waals surface area contributed by atoms with E-state index in [1.165, 1.54) is 12.1 Å². The molecule has 0 aliphatic heterocycles. The smallest absolute Gasteiger partial charge is 0.169 e. The van der Waals surface area contributed by atoms with Crippen LogP contribution >= 0.6 is 0 Å². The Morgan fingerprint density at radius 1 is 1.05 bits per heavy atom. The summed E-state index contributed by atoms with van der Waals surface area (Å²) in [5.74, 6) is -0.249. The number of hydrogen-bond donors (Lipinski definition) is 1. The Labute approximate surface area is 121 Å². The van der Waals surface area contributed by atoms with Crippen LogP contribution in [-0.4, -0.2) is 7.05 Å². The van der Waals surface area contributed by atoms with E-state index in [9.17, 15) is 8.78 Å². The van der Waals surface area contributed by atoms with Crippen LogP contribution in [0.25, 0.3) is 11.0 Å². The molecule has 4 heteroatoms. The molecule has 0 saturated heterocycles. The van der Waals surface area contributed by atoms with Crippen molar-refractivity contribution in [3.8, 4) is 0 Å². The van der Waals surface area contributed by atoms with Gasteiger partial charge in [0.1, 0.15) is 11.6 Å². The molecule has 2 aromatic carbocycles. The number of benzene rings is 2. The van der Waals surface area contributed by atoms with E-state index in [0.29, 0.717) is 16.7 Å². The maximum atomic E-state index is 14.1. The topological polar surface area (TPSA) is 25.2 Å². The first-order chi connectivity index (χ1) is 10.1. The standard InChI is InChI=1S/C17H15F2NO/c1-10-6-7-13(18)12(8-10)16(20-2)15-9-11-4-3-5-14(19)17(11)21-15/h3-9,16,20H,1-2H3. The Kier molecular flexibility index (Phi) is 3.47. The number of halogens is 2. The molecule has 1 N–H and O–H groups in total. The number of aryl methyl sites for hydroxylation is 1. The van der Waals surface area contributed by atoms with Gasteiger partial charge >= 0.3 is 0 Å². The highest BCUT2D eigenvalue weighted by Gasteiger charge is 2.21. The van der Waals surface area contributed by atoms with E-state index in [2.05, 4.69) is 5.32 Å². The van der Waals surface area contributed by atoms with Crippen LogP contribution in [0.2, 0.25) is 0 Å². The van der Waals surface area contributed by atoms with E-state index in [-0.39, 0.29) is 11.4 Å². The number of furan rings is 1. The zero-order valence-electron chi connectivity index (χ0n) is 11.8. The molecule has 3 rings (SSSR count). The zero-order valence-corrected chi connectivity index (χ0v) is 11.8. The van der Waals surface area contributed by atoms with Crippen molar-refractivity contribution in [2.75, 3.05) is 7.05 Å². The lowest BCUT2D eigenvalue weighted by Gasteiger charge is -2.15. The van der Waals surface area contributed by atoms with Crippen LogP contribution in [-0.2, 0) is 0 Å². The summed E-state index contributed by atoms with van der Waals surface area (Å²) < 4.78 is 33.4. The molecule has 0 bridgehead atoms. The van der Waals surface area contributed by atoms with E-state index < -0.39 is 11.9 Å². The molecule has 1 aromatic heterocycles. The van der Waals surface area contributed by atoms with Crippen LogP contribution in [0.5, 0.6) is 0 Å².